The molecule has 2 N–H and O–H groups in total. The Bertz CT molecular complexity index is 590. The number of hydrogen-bond acceptors (Lipinski definition) is 3. The van der Waals surface area contributed by atoms with E-state index < -0.39 is 5.97 Å². The second-order valence-electron chi connectivity index (χ2n) is 4.14. The van der Waals surface area contributed by atoms with Gasteiger partial charge in [-0.3, -0.25) is 4.98 Å². The first-order valence-electron chi connectivity index (χ1n) is 5.77. The van der Waals surface area contributed by atoms with Crippen LogP contribution in [0.25, 0.3) is 0 Å². The number of carboxylic acid groups (broad SMARTS) is 1. The number of anilines is 1. The number of hydrogen-bond donors (Lipinski definition) is 2. The minimum atomic E-state index is -1.02. The summed E-state index contributed by atoms with van der Waals surface area (Å²) in [6, 6.07) is 7.34. The predicted molar refractivity (Wildman–Crippen MR) is 76.8 cm³/mol. The van der Waals surface area contributed by atoms with Crippen LogP contribution in [0.5, 0.6) is 0 Å². The number of carboxylic acids is 1. The molecule has 20 heavy (non-hydrogen) atoms. The van der Waals surface area contributed by atoms with Crippen LogP contribution in [-0.4, -0.2) is 34.9 Å². The maximum absolute atomic E-state index is 12.8. The van der Waals surface area contributed by atoms with E-state index in [4.69, 9.17) is 5.11 Å². The molecule has 0 fully saturated rings. The van der Waals surface area contributed by atoms with E-state index in [1.54, 1.807) is 12.1 Å². The molecular formula is C14H14FLiN2O2. The van der Waals surface area contributed by atoms with Crippen molar-refractivity contribution in [1.29, 1.82) is 0 Å². The van der Waals surface area contributed by atoms with Crippen LogP contribution in [0.3, 0.4) is 0 Å². The van der Waals surface area contributed by atoms with E-state index in [1.807, 2.05) is 6.92 Å². The molecule has 0 saturated carbocycles. The first kappa shape index (κ1) is 16.2. The fraction of sp³-hybridized carbons (Fsp3) is 0.143. The van der Waals surface area contributed by atoms with Crippen molar-refractivity contribution in [2.45, 2.75) is 13.0 Å². The van der Waals surface area contributed by atoms with Crippen molar-refractivity contribution in [3.63, 3.8) is 0 Å². The number of nitrogens with zero attached hydrogens (tertiary/aromatic N) is 1. The molecule has 6 heteroatoms. The third-order valence-electron chi connectivity index (χ3n) is 2.79. The topological polar surface area (TPSA) is 62.2 Å². The van der Waals surface area contributed by atoms with Crippen LogP contribution < -0.4 is 5.32 Å². The van der Waals surface area contributed by atoms with Gasteiger partial charge in [0.25, 0.3) is 0 Å². The van der Waals surface area contributed by atoms with Gasteiger partial charge in [0.2, 0.25) is 0 Å². The van der Waals surface area contributed by atoms with E-state index in [0.29, 0.717) is 5.69 Å². The standard InChI is InChI=1S/C14H13FN2O2.Li.H/c1-9(10-2-4-11(15)5-3-10)17-13-8-16-7-6-12(13)14(18)19;;/h2-9,17H,1H3,(H,18,19);;. The molecule has 1 atom stereocenters. The predicted octanol–water partition coefficient (Wildman–Crippen LogP) is 2.44. The Hall–Kier alpha value is -1.83. The van der Waals surface area contributed by atoms with Crippen molar-refractivity contribution in [2.75, 3.05) is 5.32 Å². The van der Waals surface area contributed by atoms with E-state index in [2.05, 4.69) is 10.3 Å². The number of pyridine rings is 1. The second-order valence-corrected chi connectivity index (χ2v) is 4.14. The summed E-state index contributed by atoms with van der Waals surface area (Å²) >= 11 is 0. The van der Waals surface area contributed by atoms with E-state index in [1.165, 1.54) is 30.6 Å². The molecule has 0 aliphatic heterocycles. The molecule has 1 aromatic heterocycles. The number of aromatic nitrogens is 1. The van der Waals surface area contributed by atoms with Crippen molar-refractivity contribution in [2.24, 2.45) is 0 Å². The number of rotatable bonds is 4. The molecule has 2 rings (SSSR count). The first-order valence-corrected chi connectivity index (χ1v) is 5.77. The molecule has 1 unspecified atom stereocenters. The Morgan fingerprint density at radius 2 is 1.95 bits per heavy atom. The van der Waals surface area contributed by atoms with Gasteiger partial charge in [0.15, 0.2) is 0 Å². The summed E-state index contributed by atoms with van der Waals surface area (Å²) in [5, 5.41) is 12.1. The monoisotopic (exact) mass is 268 g/mol. The van der Waals surface area contributed by atoms with Gasteiger partial charge in [-0.05, 0) is 30.7 Å². The zero-order valence-corrected chi connectivity index (χ0v) is 10.3. The third kappa shape index (κ3) is 3.83. The number of carbonyl (C=O) groups is 1. The summed E-state index contributed by atoms with van der Waals surface area (Å²) in [5.74, 6) is -1.32. The zero-order valence-electron chi connectivity index (χ0n) is 10.3. The summed E-state index contributed by atoms with van der Waals surface area (Å²) in [6.07, 6.45) is 2.89. The zero-order chi connectivity index (χ0) is 13.8. The van der Waals surface area contributed by atoms with E-state index in [9.17, 15) is 9.18 Å². The van der Waals surface area contributed by atoms with Crippen LogP contribution >= 0.6 is 0 Å². The molecule has 0 bridgehead atoms. The Balaban J connectivity index is 0.00000200. The molecule has 0 saturated heterocycles. The van der Waals surface area contributed by atoms with E-state index in [0.717, 1.165) is 5.56 Å². The van der Waals surface area contributed by atoms with Gasteiger partial charge in [0.05, 0.1) is 17.4 Å². The second kappa shape index (κ2) is 7.08. The average Bonchev–Trinajstić information content (AvgIpc) is 2.39. The Kier molecular flexibility index (Phi) is 5.75. The van der Waals surface area contributed by atoms with Crippen molar-refractivity contribution >= 4 is 30.5 Å². The van der Waals surface area contributed by atoms with Crippen molar-refractivity contribution in [1.82, 2.24) is 4.98 Å². The summed E-state index contributed by atoms with van der Waals surface area (Å²) in [7, 11) is 0. The molecule has 0 aliphatic carbocycles. The summed E-state index contributed by atoms with van der Waals surface area (Å²) in [4.78, 5) is 15.0. The molecular weight excluding hydrogens is 254 g/mol. The Morgan fingerprint density at radius 3 is 2.55 bits per heavy atom. The molecule has 100 valence electrons. The maximum atomic E-state index is 12.8. The summed E-state index contributed by atoms with van der Waals surface area (Å²) < 4.78 is 12.8. The minimum absolute atomic E-state index is 0. The van der Waals surface area contributed by atoms with Crippen molar-refractivity contribution < 1.29 is 14.3 Å². The van der Waals surface area contributed by atoms with Crippen LogP contribution in [-0.2, 0) is 0 Å². The van der Waals surface area contributed by atoms with Crippen molar-refractivity contribution in [3.05, 3.63) is 59.7 Å². The molecule has 0 aliphatic rings. The number of benzene rings is 1. The SMILES string of the molecule is CC(Nc1cnccc1C(=O)O)c1ccc(F)cc1.[LiH]. The first-order chi connectivity index (χ1) is 9.08. The third-order valence-corrected chi connectivity index (χ3v) is 2.79. The number of aromatic carboxylic acids is 1. The molecule has 0 spiro atoms. The summed E-state index contributed by atoms with van der Waals surface area (Å²) in [5.41, 5.74) is 1.46. The van der Waals surface area contributed by atoms with Gasteiger partial charge in [0, 0.05) is 12.2 Å². The van der Waals surface area contributed by atoms with Gasteiger partial charge in [-0.15, -0.1) is 0 Å². The fourth-order valence-electron chi connectivity index (χ4n) is 1.76. The molecule has 4 nitrogen and oxygen atoms in total. The van der Waals surface area contributed by atoms with Gasteiger partial charge >= 0.3 is 24.8 Å². The fourth-order valence-corrected chi connectivity index (χ4v) is 1.76. The van der Waals surface area contributed by atoms with Gasteiger partial charge < -0.3 is 10.4 Å². The van der Waals surface area contributed by atoms with Crippen LogP contribution in [0.2, 0.25) is 0 Å². The normalized spacial score (nSPS) is 11.3. The molecule has 0 amide bonds. The molecule has 1 heterocycles. The summed E-state index contributed by atoms with van der Waals surface area (Å²) in [6.45, 7) is 1.87. The van der Waals surface area contributed by atoms with Crippen molar-refractivity contribution in [3.8, 4) is 0 Å². The number of nitrogens with one attached hydrogen (secondary N) is 1. The van der Waals surface area contributed by atoms with Gasteiger partial charge in [-0.1, -0.05) is 12.1 Å². The van der Waals surface area contributed by atoms with Crippen LogP contribution in [0.1, 0.15) is 28.9 Å². The van der Waals surface area contributed by atoms with E-state index >= 15 is 0 Å². The Morgan fingerprint density at radius 1 is 1.30 bits per heavy atom. The van der Waals surface area contributed by atoms with Gasteiger partial charge in [-0.25, -0.2) is 9.18 Å². The Labute approximate surface area is 128 Å². The number of halogens is 1. The van der Waals surface area contributed by atoms with Crippen LogP contribution in [0.15, 0.2) is 42.7 Å². The van der Waals surface area contributed by atoms with Gasteiger partial charge in [-0.2, -0.15) is 0 Å². The average molecular weight is 268 g/mol. The quantitative estimate of drug-likeness (QED) is 0.836. The molecule has 2 aromatic rings. The van der Waals surface area contributed by atoms with Gasteiger partial charge in [0.1, 0.15) is 5.82 Å². The molecule has 0 radical (unpaired) electrons. The van der Waals surface area contributed by atoms with Crippen LogP contribution in [0.4, 0.5) is 10.1 Å². The van der Waals surface area contributed by atoms with Crippen LogP contribution in [0, 0.1) is 5.82 Å². The molecule has 1 aromatic carbocycles. The van der Waals surface area contributed by atoms with E-state index in [-0.39, 0.29) is 36.3 Å².